The summed E-state index contributed by atoms with van der Waals surface area (Å²) in [6, 6.07) is 8.67. The van der Waals surface area contributed by atoms with Crippen molar-refractivity contribution in [3.63, 3.8) is 0 Å². The lowest BCUT2D eigenvalue weighted by Gasteiger charge is -2.20. The number of fused-ring (bicyclic) bond motifs is 1. The van der Waals surface area contributed by atoms with E-state index in [-0.39, 0.29) is 0 Å². The van der Waals surface area contributed by atoms with Gasteiger partial charge in [-0.05, 0) is 36.8 Å². The van der Waals surface area contributed by atoms with E-state index in [9.17, 15) is 0 Å². The first kappa shape index (κ1) is 14.3. The third kappa shape index (κ3) is 2.88. The molecule has 2 aromatic rings. The molecule has 1 aliphatic rings. The molecule has 1 N–H and O–H groups in total. The number of hydrogen-bond acceptors (Lipinski definition) is 3. The average Bonchev–Trinajstić information content (AvgIpc) is 2.97. The van der Waals surface area contributed by atoms with Crippen LogP contribution in [0.25, 0.3) is 10.8 Å². The number of nitrogens with zero attached hydrogens (tertiary/aromatic N) is 2. The standard InChI is InChI=1S/C18H25N3/c1-3-6-14-9-10-21(13-14)18-17-8-5-4-7-16(17)15(11-19-2)12-20-18/h4-5,7-8,12,14,19H,3,6,9-11,13H2,1-2H3. The fourth-order valence-corrected chi connectivity index (χ4v) is 3.49. The molecule has 0 amide bonds. The highest BCUT2D eigenvalue weighted by molar-refractivity contribution is 5.94. The molecule has 2 heterocycles. The highest BCUT2D eigenvalue weighted by Gasteiger charge is 2.24. The maximum atomic E-state index is 4.79. The second-order valence-corrected chi connectivity index (χ2v) is 6.07. The van der Waals surface area contributed by atoms with Crippen molar-refractivity contribution in [2.45, 2.75) is 32.7 Å². The summed E-state index contributed by atoms with van der Waals surface area (Å²) in [6.07, 6.45) is 5.98. The molecule has 1 fully saturated rings. The Bertz CT molecular complexity index is 608. The van der Waals surface area contributed by atoms with Crippen LogP contribution in [0.2, 0.25) is 0 Å². The molecule has 1 unspecified atom stereocenters. The lowest BCUT2D eigenvalue weighted by Crippen LogP contribution is -2.21. The van der Waals surface area contributed by atoms with Gasteiger partial charge in [-0.2, -0.15) is 0 Å². The molecule has 0 saturated carbocycles. The Morgan fingerprint density at radius 2 is 2.10 bits per heavy atom. The largest absolute Gasteiger partial charge is 0.356 e. The molecular formula is C18H25N3. The van der Waals surface area contributed by atoms with Crippen molar-refractivity contribution < 1.29 is 0 Å². The summed E-state index contributed by atoms with van der Waals surface area (Å²) in [7, 11) is 1.98. The fourth-order valence-electron chi connectivity index (χ4n) is 3.49. The Balaban J connectivity index is 1.95. The monoisotopic (exact) mass is 283 g/mol. The second-order valence-electron chi connectivity index (χ2n) is 6.07. The molecule has 0 spiro atoms. The first-order valence-electron chi connectivity index (χ1n) is 8.09. The Hall–Kier alpha value is -1.61. The predicted molar refractivity (Wildman–Crippen MR) is 89.7 cm³/mol. The minimum absolute atomic E-state index is 0.840. The van der Waals surface area contributed by atoms with E-state index in [1.807, 2.05) is 13.2 Å². The minimum Gasteiger partial charge on any atom is -0.356 e. The maximum absolute atomic E-state index is 4.79. The second kappa shape index (κ2) is 6.44. The van der Waals surface area contributed by atoms with Crippen molar-refractivity contribution >= 4 is 16.6 Å². The van der Waals surface area contributed by atoms with E-state index in [0.717, 1.165) is 25.6 Å². The molecule has 112 valence electrons. The summed E-state index contributed by atoms with van der Waals surface area (Å²) >= 11 is 0. The topological polar surface area (TPSA) is 28.2 Å². The molecule has 3 nitrogen and oxygen atoms in total. The molecule has 1 aliphatic heterocycles. The normalized spacial score (nSPS) is 18.6. The van der Waals surface area contributed by atoms with Crippen LogP contribution < -0.4 is 10.2 Å². The zero-order valence-electron chi connectivity index (χ0n) is 13.1. The lowest BCUT2D eigenvalue weighted by molar-refractivity contribution is 0.529. The third-order valence-electron chi connectivity index (χ3n) is 4.51. The van der Waals surface area contributed by atoms with Crippen LogP contribution in [0.15, 0.2) is 30.5 Å². The number of benzene rings is 1. The Morgan fingerprint density at radius 3 is 2.86 bits per heavy atom. The van der Waals surface area contributed by atoms with Crippen LogP contribution >= 0.6 is 0 Å². The van der Waals surface area contributed by atoms with Gasteiger partial charge in [0.15, 0.2) is 0 Å². The fraction of sp³-hybridized carbons (Fsp3) is 0.500. The van der Waals surface area contributed by atoms with Gasteiger partial charge in [-0.15, -0.1) is 0 Å². The van der Waals surface area contributed by atoms with Gasteiger partial charge in [0.1, 0.15) is 5.82 Å². The van der Waals surface area contributed by atoms with Crippen LogP contribution in [0.5, 0.6) is 0 Å². The third-order valence-corrected chi connectivity index (χ3v) is 4.51. The highest BCUT2D eigenvalue weighted by atomic mass is 15.2. The van der Waals surface area contributed by atoms with E-state index in [1.54, 1.807) is 0 Å². The van der Waals surface area contributed by atoms with Crippen molar-refractivity contribution in [3.8, 4) is 0 Å². The molecule has 0 aliphatic carbocycles. The number of aromatic nitrogens is 1. The predicted octanol–water partition coefficient (Wildman–Crippen LogP) is 3.58. The van der Waals surface area contributed by atoms with Gasteiger partial charge in [-0.1, -0.05) is 37.6 Å². The maximum Gasteiger partial charge on any atom is 0.136 e. The van der Waals surface area contributed by atoms with Gasteiger partial charge >= 0.3 is 0 Å². The first-order valence-corrected chi connectivity index (χ1v) is 8.09. The molecule has 0 bridgehead atoms. The van der Waals surface area contributed by atoms with Crippen LogP contribution in [0.1, 0.15) is 31.7 Å². The Kier molecular flexibility index (Phi) is 4.39. The zero-order chi connectivity index (χ0) is 14.7. The van der Waals surface area contributed by atoms with E-state index in [4.69, 9.17) is 4.98 Å². The molecule has 3 heteroatoms. The molecule has 1 aromatic heterocycles. The van der Waals surface area contributed by atoms with Crippen molar-refractivity contribution in [1.82, 2.24) is 10.3 Å². The van der Waals surface area contributed by atoms with E-state index < -0.39 is 0 Å². The molecule has 1 saturated heterocycles. The number of nitrogens with one attached hydrogen (secondary N) is 1. The SMILES string of the molecule is CCCC1CCN(c2ncc(CNC)c3ccccc23)C1. The molecule has 21 heavy (non-hydrogen) atoms. The van der Waals surface area contributed by atoms with Gasteiger partial charge in [0.05, 0.1) is 0 Å². The van der Waals surface area contributed by atoms with Gasteiger partial charge in [-0.25, -0.2) is 4.98 Å². The zero-order valence-corrected chi connectivity index (χ0v) is 13.1. The van der Waals surface area contributed by atoms with Gasteiger partial charge < -0.3 is 10.2 Å². The summed E-state index contributed by atoms with van der Waals surface area (Å²) in [5, 5.41) is 5.86. The number of pyridine rings is 1. The van der Waals surface area contributed by atoms with Crippen LogP contribution in [0, 0.1) is 5.92 Å². The quantitative estimate of drug-likeness (QED) is 0.909. The summed E-state index contributed by atoms with van der Waals surface area (Å²) in [5.41, 5.74) is 1.28. The van der Waals surface area contributed by atoms with Crippen molar-refractivity contribution in [2.75, 3.05) is 25.0 Å². The summed E-state index contributed by atoms with van der Waals surface area (Å²) in [5.74, 6) is 2.01. The average molecular weight is 283 g/mol. The van der Waals surface area contributed by atoms with Crippen LogP contribution in [-0.2, 0) is 6.54 Å². The van der Waals surface area contributed by atoms with Crippen molar-refractivity contribution in [3.05, 3.63) is 36.0 Å². The lowest BCUT2D eigenvalue weighted by atomic mass is 10.0. The van der Waals surface area contributed by atoms with Gasteiger partial charge in [0.2, 0.25) is 0 Å². The van der Waals surface area contributed by atoms with Crippen LogP contribution in [0.4, 0.5) is 5.82 Å². The molecular weight excluding hydrogens is 258 g/mol. The molecule has 1 aromatic carbocycles. The Labute approximate surface area is 127 Å². The van der Waals surface area contributed by atoms with E-state index in [2.05, 4.69) is 41.4 Å². The van der Waals surface area contributed by atoms with Crippen LogP contribution in [0.3, 0.4) is 0 Å². The summed E-state index contributed by atoms with van der Waals surface area (Å²) in [6.45, 7) is 5.46. The number of anilines is 1. The van der Waals surface area contributed by atoms with Gasteiger partial charge in [0, 0.05) is 31.2 Å². The van der Waals surface area contributed by atoms with Crippen molar-refractivity contribution in [2.24, 2.45) is 5.92 Å². The number of hydrogen-bond donors (Lipinski definition) is 1. The summed E-state index contributed by atoms with van der Waals surface area (Å²) < 4.78 is 0. The highest BCUT2D eigenvalue weighted by Crippen LogP contribution is 2.31. The van der Waals surface area contributed by atoms with E-state index in [1.165, 1.54) is 41.4 Å². The Morgan fingerprint density at radius 1 is 1.29 bits per heavy atom. The summed E-state index contributed by atoms with van der Waals surface area (Å²) in [4.78, 5) is 7.27. The van der Waals surface area contributed by atoms with Gasteiger partial charge in [0.25, 0.3) is 0 Å². The molecule has 0 radical (unpaired) electrons. The smallest absolute Gasteiger partial charge is 0.136 e. The van der Waals surface area contributed by atoms with E-state index in [0.29, 0.717) is 0 Å². The molecule has 1 atom stereocenters. The minimum atomic E-state index is 0.840. The first-order chi connectivity index (χ1) is 10.3. The van der Waals surface area contributed by atoms with Crippen molar-refractivity contribution in [1.29, 1.82) is 0 Å². The number of rotatable bonds is 5. The van der Waals surface area contributed by atoms with Gasteiger partial charge in [-0.3, -0.25) is 0 Å². The van der Waals surface area contributed by atoms with E-state index >= 15 is 0 Å². The van der Waals surface area contributed by atoms with Crippen LogP contribution in [-0.4, -0.2) is 25.1 Å². The molecule has 3 rings (SSSR count).